The van der Waals surface area contributed by atoms with Gasteiger partial charge in [-0.1, -0.05) is 0 Å². The molecule has 0 atom stereocenters. The number of hydrogen-bond acceptors (Lipinski definition) is 1. The van der Waals surface area contributed by atoms with Crippen LogP contribution >= 0.6 is 51.5 Å². The molecule has 0 aromatic rings. The van der Waals surface area contributed by atoms with Crippen molar-refractivity contribution in [3.63, 3.8) is 0 Å². The minimum absolute atomic E-state index is 0.0563. The minimum Gasteiger partial charge on any atom is -0.289 e. The van der Waals surface area contributed by atoms with Crippen molar-refractivity contribution in [2.45, 2.75) is 4.84 Å². The fourth-order valence-corrected chi connectivity index (χ4v) is 3.32. The molecule has 0 bridgehead atoms. The van der Waals surface area contributed by atoms with E-state index in [2.05, 4.69) is 0 Å². The average molecular weight is 216 g/mol. The standard InChI is InChI=1S/C2H3Cl4OP/c3-2(4)1-8(5,6)7/h2H,1H2. The molecule has 0 spiro atoms. The van der Waals surface area contributed by atoms with E-state index in [0.29, 0.717) is 0 Å². The normalized spacial score (nSPS) is 12.6. The number of hydrogen-bond donors (Lipinski definition) is 0. The second kappa shape index (κ2) is 3.53. The molecule has 0 aromatic heterocycles. The van der Waals surface area contributed by atoms with Crippen molar-refractivity contribution in [3.8, 4) is 0 Å². The van der Waals surface area contributed by atoms with Crippen molar-refractivity contribution in [1.82, 2.24) is 0 Å². The monoisotopic (exact) mass is 214 g/mol. The molecule has 50 valence electrons. The van der Waals surface area contributed by atoms with Gasteiger partial charge in [-0.25, -0.2) is 0 Å². The van der Waals surface area contributed by atoms with Crippen molar-refractivity contribution in [1.29, 1.82) is 0 Å². The maximum atomic E-state index is 10.4. The summed E-state index contributed by atoms with van der Waals surface area (Å²) in [7, 11) is 0. The third-order valence-electron chi connectivity index (χ3n) is 0.351. The number of rotatable bonds is 2. The van der Waals surface area contributed by atoms with Crippen LogP contribution < -0.4 is 0 Å². The van der Waals surface area contributed by atoms with Gasteiger partial charge in [0.1, 0.15) is 4.84 Å². The predicted octanol–water partition coefficient (Wildman–Crippen LogP) is 3.46. The molecule has 0 saturated carbocycles. The first-order valence-corrected chi connectivity index (χ1v) is 6.26. The highest BCUT2D eigenvalue weighted by Crippen LogP contribution is 2.57. The molecule has 1 nitrogen and oxygen atoms in total. The summed E-state index contributed by atoms with van der Waals surface area (Å²) >= 11 is 20.5. The molecule has 0 fully saturated rings. The molecule has 0 aliphatic rings. The zero-order chi connectivity index (χ0) is 6.78. The maximum Gasteiger partial charge on any atom is 0.255 e. The lowest BCUT2D eigenvalue weighted by Gasteiger charge is -1.99. The molecule has 0 radical (unpaired) electrons. The molecule has 0 saturated heterocycles. The van der Waals surface area contributed by atoms with E-state index < -0.39 is 10.7 Å². The molecular formula is C2H3Cl4OP. The van der Waals surface area contributed by atoms with E-state index in [4.69, 9.17) is 45.7 Å². The lowest BCUT2D eigenvalue weighted by Crippen LogP contribution is -1.89. The Morgan fingerprint density at radius 1 is 1.38 bits per heavy atom. The number of halogens is 4. The van der Waals surface area contributed by atoms with Crippen molar-refractivity contribution < 1.29 is 4.57 Å². The molecule has 0 aliphatic heterocycles. The van der Waals surface area contributed by atoms with Crippen LogP contribution in [0.25, 0.3) is 0 Å². The SMILES string of the molecule is O=P(Cl)(Cl)CC(Cl)Cl. The molecule has 0 unspecified atom stereocenters. The Kier molecular flexibility index (Phi) is 4.15. The second-order valence-electron chi connectivity index (χ2n) is 1.14. The summed E-state index contributed by atoms with van der Waals surface area (Å²) in [5, 5.41) is 0. The molecular weight excluding hydrogens is 213 g/mol. The first-order valence-electron chi connectivity index (χ1n) is 1.68. The topological polar surface area (TPSA) is 17.1 Å². The Balaban J connectivity index is 3.56. The van der Waals surface area contributed by atoms with E-state index in [9.17, 15) is 4.57 Å². The van der Waals surface area contributed by atoms with Crippen LogP contribution in [0.4, 0.5) is 0 Å². The lowest BCUT2D eigenvalue weighted by atomic mass is 10.9. The van der Waals surface area contributed by atoms with Crippen molar-refractivity contribution >= 4 is 51.5 Å². The van der Waals surface area contributed by atoms with E-state index >= 15 is 0 Å². The summed E-state index contributed by atoms with van der Waals surface area (Å²) in [6.45, 7) is 0. The highest BCUT2D eigenvalue weighted by molar-refractivity contribution is 8.08. The Morgan fingerprint density at radius 3 is 1.75 bits per heavy atom. The third kappa shape index (κ3) is 7.39. The van der Waals surface area contributed by atoms with E-state index in [1.54, 1.807) is 0 Å². The van der Waals surface area contributed by atoms with Gasteiger partial charge in [0.05, 0.1) is 6.16 Å². The van der Waals surface area contributed by atoms with E-state index in [-0.39, 0.29) is 6.16 Å². The first-order chi connectivity index (χ1) is 3.42. The van der Waals surface area contributed by atoms with Crippen LogP contribution in [0.15, 0.2) is 0 Å². The van der Waals surface area contributed by atoms with Crippen LogP contribution in [0.3, 0.4) is 0 Å². The Hall–Kier alpha value is 1.39. The van der Waals surface area contributed by atoms with Crippen LogP contribution in [-0.2, 0) is 4.57 Å². The molecule has 6 heteroatoms. The van der Waals surface area contributed by atoms with E-state index in [0.717, 1.165) is 0 Å². The van der Waals surface area contributed by atoms with E-state index in [1.807, 2.05) is 0 Å². The van der Waals surface area contributed by atoms with Crippen LogP contribution in [0.1, 0.15) is 0 Å². The third-order valence-corrected chi connectivity index (χ3v) is 2.71. The van der Waals surface area contributed by atoms with Crippen LogP contribution in [-0.4, -0.2) is 11.0 Å². The zero-order valence-corrected chi connectivity index (χ0v) is 7.57. The van der Waals surface area contributed by atoms with Gasteiger partial charge in [-0.2, -0.15) is 0 Å². The fraction of sp³-hybridized carbons (Fsp3) is 1.00. The first kappa shape index (κ1) is 9.39. The van der Waals surface area contributed by atoms with Gasteiger partial charge in [0.25, 0.3) is 5.85 Å². The quantitative estimate of drug-likeness (QED) is 0.510. The Morgan fingerprint density at radius 2 is 1.75 bits per heavy atom. The van der Waals surface area contributed by atoms with E-state index in [1.165, 1.54) is 0 Å². The molecule has 0 N–H and O–H groups in total. The van der Waals surface area contributed by atoms with Crippen LogP contribution in [0.5, 0.6) is 0 Å². The Bertz CT molecular complexity index is 107. The fourth-order valence-electron chi connectivity index (χ4n) is 0.161. The summed E-state index contributed by atoms with van der Waals surface area (Å²) in [5.41, 5.74) is 0. The number of alkyl halides is 2. The highest BCUT2D eigenvalue weighted by atomic mass is 35.9. The smallest absolute Gasteiger partial charge is 0.255 e. The summed E-state index contributed by atoms with van der Waals surface area (Å²) in [4.78, 5) is -0.740. The van der Waals surface area contributed by atoms with Gasteiger partial charge >= 0.3 is 0 Å². The lowest BCUT2D eigenvalue weighted by molar-refractivity contribution is 0.593. The van der Waals surface area contributed by atoms with Gasteiger partial charge in [-0.15, -0.1) is 23.2 Å². The van der Waals surface area contributed by atoms with Gasteiger partial charge in [0, 0.05) is 0 Å². The molecule has 0 aliphatic carbocycles. The average Bonchev–Trinajstić information content (AvgIpc) is 1.21. The second-order valence-corrected chi connectivity index (χ2v) is 7.72. The summed E-state index contributed by atoms with van der Waals surface area (Å²) in [6, 6.07) is 0. The van der Waals surface area contributed by atoms with Gasteiger partial charge in [-0.3, -0.25) is 4.57 Å². The van der Waals surface area contributed by atoms with Gasteiger partial charge < -0.3 is 0 Å². The molecule has 0 rings (SSSR count). The predicted molar refractivity (Wildman–Crippen MR) is 39.7 cm³/mol. The molecule has 0 amide bonds. The van der Waals surface area contributed by atoms with Gasteiger partial charge in [-0.05, 0) is 22.5 Å². The Labute approximate surface area is 67.2 Å². The summed E-state index contributed by atoms with van der Waals surface area (Å²) in [5.74, 6) is -3.04. The molecule has 8 heavy (non-hydrogen) atoms. The summed E-state index contributed by atoms with van der Waals surface area (Å²) < 4.78 is 10.4. The van der Waals surface area contributed by atoms with Crippen molar-refractivity contribution in [2.75, 3.05) is 6.16 Å². The molecule has 0 heterocycles. The summed E-state index contributed by atoms with van der Waals surface area (Å²) in [6.07, 6.45) is -0.0563. The highest BCUT2D eigenvalue weighted by Gasteiger charge is 2.17. The van der Waals surface area contributed by atoms with Crippen LogP contribution in [0, 0.1) is 0 Å². The minimum atomic E-state index is -3.04. The van der Waals surface area contributed by atoms with Gasteiger partial charge in [0.15, 0.2) is 0 Å². The maximum absolute atomic E-state index is 10.4. The van der Waals surface area contributed by atoms with Crippen molar-refractivity contribution in [3.05, 3.63) is 0 Å². The van der Waals surface area contributed by atoms with Crippen molar-refractivity contribution in [2.24, 2.45) is 0 Å². The van der Waals surface area contributed by atoms with Crippen LogP contribution in [0.2, 0.25) is 0 Å². The largest absolute Gasteiger partial charge is 0.289 e. The molecule has 0 aromatic carbocycles. The zero-order valence-electron chi connectivity index (χ0n) is 3.65. The van der Waals surface area contributed by atoms with Gasteiger partial charge in [0.2, 0.25) is 0 Å².